The molecule has 0 bridgehead atoms. The summed E-state index contributed by atoms with van der Waals surface area (Å²) < 4.78 is 0. The van der Waals surface area contributed by atoms with E-state index in [1.54, 1.807) is 52.9 Å². The first-order valence-electron chi connectivity index (χ1n) is 8.45. The van der Waals surface area contributed by atoms with Gasteiger partial charge in [-0.05, 0) is 48.2 Å². The van der Waals surface area contributed by atoms with E-state index < -0.39 is 0 Å². The fourth-order valence-corrected chi connectivity index (χ4v) is 3.56. The molecule has 1 aliphatic heterocycles. The van der Waals surface area contributed by atoms with Crippen molar-refractivity contribution >= 4 is 29.3 Å². The van der Waals surface area contributed by atoms with Crippen molar-refractivity contribution in [2.24, 2.45) is 5.92 Å². The molecular weight excluding hydrogens is 348 g/mol. The fraction of sp³-hybridized carbons (Fsp3) is 0.300. The number of rotatable bonds is 5. The van der Waals surface area contributed by atoms with E-state index in [0.717, 1.165) is 16.1 Å². The number of carbonyl (C=O) groups is 2. The standard InChI is InChI=1S/C20H22N2O3S/c1-21(12-14-3-7-17(23)8-4-14)20(25)15-11-19(24)22(13-15)16-5-9-18(26-2)10-6-16/h3-10,15,23H,11-13H2,1-2H3. The Morgan fingerprint density at radius 3 is 2.46 bits per heavy atom. The van der Waals surface area contributed by atoms with Crippen LogP contribution in [0.3, 0.4) is 0 Å². The molecule has 2 aromatic carbocycles. The van der Waals surface area contributed by atoms with E-state index in [-0.39, 0.29) is 29.9 Å². The van der Waals surface area contributed by atoms with E-state index in [4.69, 9.17) is 0 Å². The number of hydrogen-bond donors (Lipinski definition) is 1. The third-order valence-electron chi connectivity index (χ3n) is 4.59. The average molecular weight is 370 g/mol. The van der Waals surface area contributed by atoms with Crippen LogP contribution in [0.1, 0.15) is 12.0 Å². The van der Waals surface area contributed by atoms with Gasteiger partial charge in [0, 0.05) is 37.1 Å². The van der Waals surface area contributed by atoms with Crippen molar-refractivity contribution in [2.75, 3.05) is 24.7 Å². The lowest BCUT2D eigenvalue weighted by molar-refractivity contribution is -0.135. The zero-order valence-corrected chi connectivity index (χ0v) is 15.7. The lowest BCUT2D eigenvalue weighted by Gasteiger charge is -2.21. The van der Waals surface area contributed by atoms with Crippen LogP contribution < -0.4 is 4.90 Å². The minimum Gasteiger partial charge on any atom is -0.508 e. The predicted molar refractivity (Wildman–Crippen MR) is 103 cm³/mol. The van der Waals surface area contributed by atoms with Gasteiger partial charge in [-0.15, -0.1) is 11.8 Å². The molecule has 0 spiro atoms. The molecule has 1 atom stereocenters. The van der Waals surface area contributed by atoms with Gasteiger partial charge >= 0.3 is 0 Å². The molecule has 0 aromatic heterocycles. The van der Waals surface area contributed by atoms with Gasteiger partial charge < -0.3 is 14.9 Å². The van der Waals surface area contributed by atoms with Crippen molar-refractivity contribution in [1.82, 2.24) is 4.90 Å². The van der Waals surface area contributed by atoms with Crippen LogP contribution in [0.25, 0.3) is 0 Å². The van der Waals surface area contributed by atoms with Gasteiger partial charge in [0.2, 0.25) is 11.8 Å². The molecule has 2 amide bonds. The molecule has 1 N–H and O–H groups in total. The monoisotopic (exact) mass is 370 g/mol. The van der Waals surface area contributed by atoms with Gasteiger partial charge in [0.1, 0.15) is 5.75 Å². The van der Waals surface area contributed by atoms with Crippen LogP contribution in [-0.2, 0) is 16.1 Å². The van der Waals surface area contributed by atoms with Crippen LogP contribution in [0.15, 0.2) is 53.4 Å². The lowest BCUT2D eigenvalue weighted by Crippen LogP contribution is -2.34. The van der Waals surface area contributed by atoms with E-state index in [2.05, 4.69) is 0 Å². The summed E-state index contributed by atoms with van der Waals surface area (Å²) in [5, 5.41) is 9.35. The van der Waals surface area contributed by atoms with Crippen molar-refractivity contribution in [3.63, 3.8) is 0 Å². The Kier molecular flexibility index (Phi) is 5.52. The number of benzene rings is 2. The highest BCUT2D eigenvalue weighted by atomic mass is 32.2. The van der Waals surface area contributed by atoms with Crippen LogP contribution in [0.5, 0.6) is 5.75 Å². The normalized spacial score (nSPS) is 16.8. The van der Waals surface area contributed by atoms with Gasteiger partial charge in [0.05, 0.1) is 5.92 Å². The molecular formula is C20H22N2O3S. The summed E-state index contributed by atoms with van der Waals surface area (Å²) in [6.45, 7) is 0.864. The Morgan fingerprint density at radius 2 is 1.85 bits per heavy atom. The topological polar surface area (TPSA) is 60.9 Å². The van der Waals surface area contributed by atoms with Gasteiger partial charge in [0.15, 0.2) is 0 Å². The first kappa shape index (κ1) is 18.3. The van der Waals surface area contributed by atoms with Gasteiger partial charge in [-0.1, -0.05) is 12.1 Å². The second kappa shape index (κ2) is 7.83. The number of thioether (sulfide) groups is 1. The van der Waals surface area contributed by atoms with E-state index in [1.165, 1.54) is 0 Å². The molecule has 1 aliphatic rings. The Balaban J connectivity index is 1.64. The zero-order chi connectivity index (χ0) is 18.7. The Bertz CT molecular complexity index is 790. The number of anilines is 1. The third-order valence-corrected chi connectivity index (χ3v) is 5.33. The largest absolute Gasteiger partial charge is 0.508 e. The average Bonchev–Trinajstić information content (AvgIpc) is 3.04. The first-order valence-corrected chi connectivity index (χ1v) is 9.67. The molecule has 136 valence electrons. The van der Waals surface area contributed by atoms with Crippen LogP contribution in [0.4, 0.5) is 5.69 Å². The van der Waals surface area contributed by atoms with E-state index in [9.17, 15) is 14.7 Å². The van der Waals surface area contributed by atoms with E-state index >= 15 is 0 Å². The smallest absolute Gasteiger partial charge is 0.228 e. The molecule has 6 heteroatoms. The van der Waals surface area contributed by atoms with Gasteiger partial charge in [-0.3, -0.25) is 9.59 Å². The molecule has 5 nitrogen and oxygen atoms in total. The quantitative estimate of drug-likeness (QED) is 0.822. The van der Waals surface area contributed by atoms with Crippen LogP contribution in [0, 0.1) is 5.92 Å². The van der Waals surface area contributed by atoms with E-state index in [0.29, 0.717) is 13.1 Å². The third kappa shape index (κ3) is 4.02. The summed E-state index contributed by atoms with van der Waals surface area (Å²) in [5.41, 5.74) is 1.77. The summed E-state index contributed by atoms with van der Waals surface area (Å²) in [4.78, 5) is 29.6. The molecule has 1 fully saturated rings. The van der Waals surface area contributed by atoms with Crippen LogP contribution in [0.2, 0.25) is 0 Å². The second-order valence-corrected chi connectivity index (χ2v) is 7.34. The van der Waals surface area contributed by atoms with Crippen molar-refractivity contribution in [1.29, 1.82) is 0 Å². The lowest BCUT2D eigenvalue weighted by atomic mass is 10.1. The Hall–Kier alpha value is -2.47. The fourth-order valence-electron chi connectivity index (χ4n) is 3.15. The molecule has 26 heavy (non-hydrogen) atoms. The van der Waals surface area contributed by atoms with Crippen LogP contribution >= 0.6 is 11.8 Å². The number of aromatic hydroxyl groups is 1. The maximum absolute atomic E-state index is 12.7. The summed E-state index contributed by atoms with van der Waals surface area (Å²) in [6.07, 6.45) is 2.25. The number of nitrogens with zero attached hydrogens (tertiary/aromatic N) is 2. The summed E-state index contributed by atoms with van der Waals surface area (Å²) in [5.74, 6) is -0.176. The summed E-state index contributed by atoms with van der Waals surface area (Å²) >= 11 is 1.65. The summed E-state index contributed by atoms with van der Waals surface area (Å²) in [6, 6.07) is 14.6. The number of phenolic OH excluding ortho intramolecular Hbond substituents is 1. The minimum absolute atomic E-state index is 0.0155. The molecule has 0 aliphatic carbocycles. The molecule has 0 saturated carbocycles. The maximum Gasteiger partial charge on any atom is 0.228 e. The number of phenols is 1. The Morgan fingerprint density at radius 1 is 1.19 bits per heavy atom. The second-order valence-electron chi connectivity index (χ2n) is 6.46. The number of amides is 2. The van der Waals surface area contributed by atoms with Crippen molar-refractivity contribution in [3.8, 4) is 5.75 Å². The summed E-state index contributed by atoms with van der Waals surface area (Å²) in [7, 11) is 1.75. The first-order chi connectivity index (χ1) is 12.5. The molecule has 1 heterocycles. The van der Waals surface area contributed by atoms with Crippen molar-refractivity contribution < 1.29 is 14.7 Å². The van der Waals surface area contributed by atoms with Crippen molar-refractivity contribution in [3.05, 3.63) is 54.1 Å². The molecule has 0 radical (unpaired) electrons. The predicted octanol–water partition coefficient (Wildman–Crippen LogP) is 3.13. The Labute approximate surface area is 157 Å². The minimum atomic E-state index is -0.329. The molecule has 1 unspecified atom stereocenters. The molecule has 2 aromatic rings. The maximum atomic E-state index is 12.7. The zero-order valence-electron chi connectivity index (χ0n) is 14.9. The van der Waals surface area contributed by atoms with Gasteiger partial charge in [0.25, 0.3) is 0 Å². The van der Waals surface area contributed by atoms with Gasteiger partial charge in [-0.2, -0.15) is 0 Å². The SMILES string of the molecule is CSc1ccc(N2CC(C(=O)N(C)Cc3ccc(O)cc3)CC2=O)cc1. The van der Waals surface area contributed by atoms with Gasteiger partial charge in [-0.25, -0.2) is 0 Å². The highest BCUT2D eigenvalue weighted by Gasteiger charge is 2.36. The molecule has 3 rings (SSSR count). The highest BCUT2D eigenvalue weighted by Crippen LogP contribution is 2.28. The molecule has 1 saturated heterocycles. The van der Waals surface area contributed by atoms with E-state index in [1.807, 2.05) is 30.5 Å². The highest BCUT2D eigenvalue weighted by molar-refractivity contribution is 7.98. The van der Waals surface area contributed by atoms with Crippen molar-refractivity contribution in [2.45, 2.75) is 17.9 Å². The van der Waals surface area contributed by atoms with Crippen LogP contribution in [-0.4, -0.2) is 41.7 Å². The number of hydrogen-bond acceptors (Lipinski definition) is 4. The number of carbonyl (C=O) groups excluding carboxylic acids is 2.